The van der Waals surface area contributed by atoms with Gasteiger partial charge in [-0.3, -0.25) is 10.6 Å². The lowest BCUT2D eigenvalue weighted by Gasteiger charge is -2.18. The SMILES string of the molecule is CC(C)CCN(C)C(=O)c1ccc(NN)cc1. The molecule has 0 aromatic heterocycles. The minimum absolute atomic E-state index is 0.0502. The molecule has 0 spiro atoms. The standard InChI is InChI=1S/C13H21N3O/c1-10(2)8-9-16(3)13(17)11-4-6-12(15-14)7-5-11/h4-7,10,15H,8-9,14H2,1-3H3. The predicted octanol–water partition coefficient (Wildman–Crippen LogP) is 2.09. The molecule has 0 atom stereocenters. The number of nitrogens with zero attached hydrogens (tertiary/aromatic N) is 1. The van der Waals surface area contributed by atoms with Gasteiger partial charge in [0.05, 0.1) is 0 Å². The molecule has 0 aliphatic rings. The van der Waals surface area contributed by atoms with Crippen molar-refractivity contribution in [2.75, 3.05) is 19.0 Å². The summed E-state index contributed by atoms with van der Waals surface area (Å²) in [5.41, 5.74) is 4.03. The fourth-order valence-electron chi connectivity index (χ4n) is 1.48. The molecule has 94 valence electrons. The lowest BCUT2D eigenvalue weighted by atomic mass is 10.1. The fourth-order valence-corrected chi connectivity index (χ4v) is 1.48. The average molecular weight is 235 g/mol. The maximum Gasteiger partial charge on any atom is 0.253 e. The number of carbonyl (C=O) groups excluding carboxylic acids is 1. The summed E-state index contributed by atoms with van der Waals surface area (Å²) in [5.74, 6) is 5.93. The van der Waals surface area contributed by atoms with E-state index in [1.807, 2.05) is 7.05 Å². The monoisotopic (exact) mass is 235 g/mol. The molecule has 1 aromatic rings. The summed E-state index contributed by atoms with van der Waals surface area (Å²) in [6, 6.07) is 7.15. The summed E-state index contributed by atoms with van der Waals surface area (Å²) in [4.78, 5) is 13.8. The van der Waals surface area contributed by atoms with Crippen molar-refractivity contribution in [2.24, 2.45) is 11.8 Å². The number of rotatable bonds is 5. The molecule has 1 aromatic carbocycles. The second kappa shape index (κ2) is 6.25. The van der Waals surface area contributed by atoms with Crippen molar-refractivity contribution in [3.8, 4) is 0 Å². The molecule has 0 unspecified atom stereocenters. The highest BCUT2D eigenvalue weighted by molar-refractivity contribution is 5.94. The molecule has 4 heteroatoms. The van der Waals surface area contributed by atoms with Crippen LogP contribution in [0.2, 0.25) is 0 Å². The number of benzene rings is 1. The topological polar surface area (TPSA) is 58.4 Å². The van der Waals surface area contributed by atoms with Crippen LogP contribution in [0.1, 0.15) is 30.6 Å². The smallest absolute Gasteiger partial charge is 0.253 e. The number of nitrogen functional groups attached to an aromatic ring is 1. The van der Waals surface area contributed by atoms with Crippen LogP contribution in [0.15, 0.2) is 24.3 Å². The highest BCUT2D eigenvalue weighted by Gasteiger charge is 2.11. The van der Waals surface area contributed by atoms with Gasteiger partial charge in [0, 0.05) is 24.8 Å². The van der Waals surface area contributed by atoms with Gasteiger partial charge in [-0.05, 0) is 36.6 Å². The van der Waals surface area contributed by atoms with Crippen molar-refractivity contribution in [2.45, 2.75) is 20.3 Å². The largest absolute Gasteiger partial charge is 0.342 e. The summed E-state index contributed by atoms with van der Waals surface area (Å²) in [6.45, 7) is 5.09. The summed E-state index contributed by atoms with van der Waals surface area (Å²) in [7, 11) is 1.83. The van der Waals surface area contributed by atoms with E-state index in [9.17, 15) is 4.79 Å². The second-order valence-corrected chi connectivity index (χ2v) is 4.63. The van der Waals surface area contributed by atoms with Gasteiger partial charge in [-0.25, -0.2) is 0 Å². The second-order valence-electron chi connectivity index (χ2n) is 4.63. The van der Waals surface area contributed by atoms with Crippen LogP contribution < -0.4 is 11.3 Å². The lowest BCUT2D eigenvalue weighted by molar-refractivity contribution is 0.0789. The lowest BCUT2D eigenvalue weighted by Crippen LogP contribution is -2.28. The Hall–Kier alpha value is -1.55. The van der Waals surface area contributed by atoms with Gasteiger partial charge in [-0.15, -0.1) is 0 Å². The van der Waals surface area contributed by atoms with Crippen molar-refractivity contribution in [1.82, 2.24) is 4.90 Å². The van der Waals surface area contributed by atoms with Crippen LogP contribution in [0, 0.1) is 5.92 Å². The van der Waals surface area contributed by atoms with E-state index in [0.29, 0.717) is 11.5 Å². The van der Waals surface area contributed by atoms with Crippen molar-refractivity contribution in [3.05, 3.63) is 29.8 Å². The normalized spacial score (nSPS) is 10.4. The van der Waals surface area contributed by atoms with Crippen LogP contribution in [-0.2, 0) is 0 Å². The fraction of sp³-hybridized carbons (Fsp3) is 0.462. The first-order valence-corrected chi connectivity index (χ1v) is 5.86. The molecule has 0 fully saturated rings. The Kier molecular flexibility index (Phi) is 4.97. The highest BCUT2D eigenvalue weighted by atomic mass is 16.2. The molecule has 0 saturated heterocycles. The van der Waals surface area contributed by atoms with E-state index in [4.69, 9.17) is 5.84 Å². The zero-order valence-electron chi connectivity index (χ0n) is 10.7. The van der Waals surface area contributed by atoms with Crippen LogP contribution in [0.25, 0.3) is 0 Å². The van der Waals surface area contributed by atoms with Gasteiger partial charge in [-0.1, -0.05) is 13.8 Å². The van der Waals surface area contributed by atoms with E-state index >= 15 is 0 Å². The number of nitrogens with two attached hydrogens (primary N) is 1. The molecule has 0 aliphatic carbocycles. The van der Waals surface area contributed by atoms with Gasteiger partial charge < -0.3 is 10.3 Å². The third-order valence-corrected chi connectivity index (χ3v) is 2.69. The highest BCUT2D eigenvalue weighted by Crippen LogP contribution is 2.10. The zero-order chi connectivity index (χ0) is 12.8. The van der Waals surface area contributed by atoms with Gasteiger partial charge in [0.1, 0.15) is 0 Å². The van der Waals surface area contributed by atoms with Gasteiger partial charge in [-0.2, -0.15) is 0 Å². The van der Waals surface area contributed by atoms with Crippen molar-refractivity contribution in [1.29, 1.82) is 0 Å². The Labute approximate surface area is 103 Å². The predicted molar refractivity (Wildman–Crippen MR) is 70.7 cm³/mol. The van der Waals surface area contributed by atoms with Crippen LogP contribution in [0.4, 0.5) is 5.69 Å². The number of nitrogens with one attached hydrogen (secondary N) is 1. The summed E-state index contributed by atoms with van der Waals surface area (Å²) in [6.07, 6.45) is 1.02. The van der Waals surface area contributed by atoms with E-state index in [1.54, 1.807) is 29.2 Å². The molecule has 0 heterocycles. The minimum atomic E-state index is 0.0502. The first kappa shape index (κ1) is 13.5. The third kappa shape index (κ3) is 4.07. The molecule has 0 bridgehead atoms. The first-order chi connectivity index (χ1) is 8.04. The maximum absolute atomic E-state index is 12.0. The molecule has 1 amide bonds. The quantitative estimate of drug-likeness (QED) is 0.607. The number of hydrogen-bond acceptors (Lipinski definition) is 3. The summed E-state index contributed by atoms with van der Waals surface area (Å²) >= 11 is 0. The van der Waals surface area contributed by atoms with E-state index < -0.39 is 0 Å². The Balaban J connectivity index is 2.61. The van der Waals surface area contributed by atoms with E-state index in [0.717, 1.165) is 18.7 Å². The van der Waals surface area contributed by atoms with E-state index in [2.05, 4.69) is 19.3 Å². The molecule has 17 heavy (non-hydrogen) atoms. The van der Waals surface area contributed by atoms with Gasteiger partial charge in [0.2, 0.25) is 0 Å². The Bertz CT molecular complexity index is 359. The Morgan fingerprint density at radius 2 is 1.94 bits per heavy atom. The number of hydrogen-bond donors (Lipinski definition) is 2. The molecular weight excluding hydrogens is 214 g/mol. The Morgan fingerprint density at radius 1 is 1.35 bits per heavy atom. The van der Waals surface area contributed by atoms with Crippen LogP contribution >= 0.6 is 0 Å². The number of amides is 1. The Morgan fingerprint density at radius 3 is 2.41 bits per heavy atom. The van der Waals surface area contributed by atoms with Crippen molar-refractivity contribution < 1.29 is 4.79 Å². The molecule has 0 saturated carbocycles. The molecule has 1 rings (SSSR count). The van der Waals surface area contributed by atoms with Crippen LogP contribution in [-0.4, -0.2) is 24.4 Å². The number of anilines is 1. The molecule has 3 N–H and O–H groups in total. The molecule has 4 nitrogen and oxygen atoms in total. The maximum atomic E-state index is 12.0. The zero-order valence-corrected chi connectivity index (χ0v) is 10.7. The van der Waals surface area contributed by atoms with Gasteiger partial charge in [0.25, 0.3) is 5.91 Å². The van der Waals surface area contributed by atoms with Gasteiger partial charge >= 0.3 is 0 Å². The minimum Gasteiger partial charge on any atom is -0.342 e. The van der Waals surface area contributed by atoms with Crippen LogP contribution in [0.3, 0.4) is 0 Å². The van der Waals surface area contributed by atoms with E-state index in [-0.39, 0.29) is 5.91 Å². The first-order valence-electron chi connectivity index (χ1n) is 5.86. The number of hydrazine groups is 1. The van der Waals surface area contributed by atoms with Crippen LogP contribution in [0.5, 0.6) is 0 Å². The van der Waals surface area contributed by atoms with Crippen molar-refractivity contribution >= 4 is 11.6 Å². The summed E-state index contributed by atoms with van der Waals surface area (Å²) < 4.78 is 0. The summed E-state index contributed by atoms with van der Waals surface area (Å²) in [5, 5.41) is 0. The molecular formula is C13H21N3O. The number of carbonyl (C=O) groups is 1. The average Bonchev–Trinajstić information content (AvgIpc) is 2.35. The third-order valence-electron chi connectivity index (χ3n) is 2.69. The van der Waals surface area contributed by atoms with Gasteiger partial charge in [0.15, 0.2) is 0 Å². The molecule has 0 radical (unpaired) electrons. The van der Waals surface area contributed by atoms with Crippen molar-refractivity contribution in [3.63, 3.8) is 0 Å². The van der Waals surface area contributed by atoms with E-state index in [1.165, 1.54) is 0 Å². The molecule has 0 aliphatic heterocycles.